The number of carbonyl (C=O) groups is 3. The minimum atomic E-state index is -0.0925. The molecular weight excluding hydrogens is 609 g/mol. The zero-order valence-corrected chi connectivity index (χ0v) is 32.6. The fraction of sp³-hybridized carbons (Fsp3) is 0.872. The van der Waals surface area contributed by atoms with Crippen LogP contribution in [0.5, 0.6) is 0 Å². The van der Waals surface area contributed by atoms with Crippen molar-refractivity contribution in [2.24, 2.45) is 0 Å². The third kappa shape index (κ3) is 37.1. The van der Waals surface area contributed by atoms with Gasteiger partial charge in [-0.25, -0.2) is 0 Å². The van der Waals surface area contributed by atoms with Gasteiger partial charge < -0.3 is 19.3 Å². The lowest BCUT2D eigenvalue weighted by Crippen LogP contribution is -2.30. The summed E-state index contributed by atoms with van der Waals surface area (Å²) in [6.45, 7) is 12.4. The smallest absolute Gasteiger partial charge is 0.306 e. The number of allylic oxidation sites excluding steroid dienone is 1. The van der Waals surface area contributed by atoms with E-state index in [0.29, 0.717) is 19.5 Å². The highest BCUT2D eigenvalue weighted by molar-refractivity contribution is 8.13. The Morgan fingerprint density at radius 2 is 1.23 bits per heavy atom. The van der Waals surface area contributed by atoms with Crippen LogP contribution in [0.15, 0.2) is 12.2 Å². The van der Waals surface area contributed by atoms with Crippen LogP contribution >= 0.6 is 11.8 Å². The van der Waals surface area contributed by atoms with Gasteiger partial charge in [-0.2, -0.15) is 0 Å². The third-order valence-electron chi connectivity index (χ3n) is 8.06. The predicted octanol–water partition coefficient (Wildman–Crippen LogP) is 11.0. The van der Waals surface area contributed by atoms with Gasteiger partial charge in [0.25, 0.3) is 11.7 Å². The molecule has 47 heavy (non-hydrogen) atoms. The quantitative estimate of drug-likeness (QED) is 0.0302. The summed E-state index contributed by atoms with van der Waals surface area (Å²) < 4.78 is 10.4. The molecule has 1 atom stereocenters. The number of rotatable bonds is 32. The Hall–Kier alpha value is -1.54. The summed E-state index contributed by atoms with van der Waals surface area (Å²) in [5.74, 6) is 0.752. The molecule has 0 aromatic carbocycles. The largest absolute Gasteiger partial charge is 0.465 e. The molecule has 0 fully saturated rings. The summed E-state index contributed by atoms with van der Waals surface area (Å²) in [5.41, 5.74) is 0. The fourth-order valence-electron chi connectivity index (χ4n) is 5.12. The highest BCUT2D eigenvalue weighted by Gasteiger charge is 2.13. The fourth-order valence-corrected chi connectivity index (χ4v) is 6.11. The second-order valence-electron chi connectivity index (χ2n) is 13.0. The molecule has 0 aliphatic carbocycles. The van der Waals surface area contributed by atoms with Gasteiger partial charge in [-0.15, -0.1) is 0 Å². The van der Waals surface area contributed by atoms with Gasteiger partial charge in [0.1, 0.15) is 12.7 Å². The van der Waals surface area contributed by atoms with E-state index in [1.54, 1.807) is 0 Å². The van der Waals surface area contributed by atoms with Crippen molar-refractivity contribution in [3.05, 3.63) is 12.2 Å². The van der Waals surface area contributed by atoms with Crippen molar-refractivity contribution in [3.63, 3.8) is 0 Å². The van der Waals surface area contributed by atoms with Gasteiger partial charge >= 0.3 is 5.97 Å². The third-order valence-corrected chi connectivity index (χ3v) is 8.96. The highest BCUT2D eigenvalue weighted by Crippen LogP contribution is 2.15. The molecule has 0 spiro atoms. The van der Waals surface area contributed by atoms with Crippen molar-refractivity contribution < 1.29 is 23.9 Å². The molecule has 0 rings (SSSR count). The summed E-state index contributed by atoms with van der Waals surface area (Å²) >= 11 is 1.43. The maximum absolute atomic E-state index is 12.4. The van der Waals surface area contributed by atoms with Gasteiger partial charge in [-0.3, -0.25) is 14.4 Å². The number of thioether (sulfide) groups is 1. The first-order valence-corrected chi connectivity index (χ1v) is 20.3. The number of esters is 1. The highest BCUT2D eigenvalue weighted by atomic mass is 32.2. The van der Waals surface area contributed by atoms with Crippen LogP contribution in [0, 0.1) is 0 Å². The maximum Gasteiger partial charge on any atom is 0.306 e. The first-order chi connectivity index (χ1) is 22.9. The van der Waals surface area contributed by atoms with E-state index in [-0.39, 0.29) is 17.3 Å². The number of hydrogen-bond acceptors (Lipinski definition) is 7. The normalized spacial score (nSPS) is 11.7. The van der Waals surface area contributed by atoms with Crippen molar-refractivity contribution >= 4 is 29.4 Å². The minimum absolute atomic E-state index is 0.0925. The van der Waals surface area contributed by atoms with Crippen LogP contribution in [0.1, 0.15) is 169 Å². The molecule has 0 aromatic heterocycles. The Morgan fingerprint density at radius 1 is 0.660 bits per heavy atom. The average Bonchev–Trinajstić information content (AvgIpc) is 3.05. The average molecular weight is 685 g/mol. The van der Waals surface area contributed by atoms with Crippen LogP contribution in [0.3, 0.4) is 0 Å². The molecule has 8 heteroatoms. The zero-order valence-electron chi connectivity index (χ0n) is 31.7. The van der Waals surface area contributed by atoms with E-state index in [1.165, 1.54) is 88.8 Å². The van der Waals surface area contributed by atoms with Gasteiger partial charge in [-0.1, -0.05) is 129 Å². The summed E-state index contributed by atoms with van der Waals surface area (Å²) in [7, 11) is 4.06. The Kier molecular flexibility index (Phi) is 39.4. The molecule has 0 N–H and O–H groups in total. The van der Waals surface area contributed by atoms with Crippen molar-refractivity contribution in [2.45, 2.75) is 175 Å². The van der Waals surface area contributed by atoms with Gasteiger partial charge in [0.2, 0.25) is 0 Å². The minimum Gasteiger partial charge on any atom is -0.465 e. The summed E-state index contributed by atoms with van der Waals surface area (Å²) in [4.78, 5) is 38.6. The standard InChI is InChI=1S/C25H48N2O3S.C14H28O2/c1-5-7-8-9-10-14-17-22-30-24(28)18-15-12-11-13-16-20-27(19-6-2)25(29)31-23-21-26(3)4;1-3-5-7-8-10-12-14(16-13-15)11-9-6-4-2/h14,17H,5-13,15-16,18-23H2,1-4H3;13-14H,3-12H2,1-2H3/b17-14-;. The van der Waals surface area contributed by atoms with Crippen LogP contribution in [0.2, 0.25) is 0 Å². The summed E-state index contributed by atoms with van der Waals surface area (Å²) in [6.07, 6.45) is 29.2. The summed E-state index contributed by atoms with van der Waals surface area (Å²) in [5, 5.41) is 0.210. The number of hydrogen-bond donors (Lipinski definition) is 0. The first-order valence-electron chi connectivity index (χ1n) is 19.3. The van der Waals surface area contributed by atoms with E-state index in [0.717, 1.165) is 83.2 Å². The van der Waals surface area contributed by atoms with E-state index < -0.39 is 0 Å². The van der Waals surface area contributed by atoms with Crippen molar-refractivity contribution in [2.75, 3.05) is 46.1 Å². The molecule has 1 unspecified atom stereocenters. The van der Waals surface area contributed by atoms with E-state index >= 15 is 0 Å². The topological polar surface area (TPSA) is 76.2 Å². The monoisotopic (exact) mass is 685 g/mol. The molecule has 0 aromatic rings. The number of amides is 1. The van der Waals surface area contributed by atoms with Crippen LogP contribution < -0.4 is 0 Å². The second kappa shape index (κ2) is 38.9. The zero-order chi connectivity index (χ0) is 35.2. The van der Waals surface area contributed by atoms with Crippen LogP contribution in [-0.4, -0.2) is 79.7 Å². The molecule has 7 nitrogen and oxygen atoms in total. The van der Waals surface area contributed by atoms with E-state index in [4.69, 9.17) is 9.47 Å². The van der Waals surface area contributed by atoms with Crippen molar-refractivity contribution in [1.29, 1.82) is 0 Å². The van der Waals surface area contributed by atoms with Crippen LogP contribution in [0.25, 0.3) is 0 Å². The lowest BCUT2D eigenvalue weighted by molar-refractivity contribution is -0.142. The first kappa shape index (κ1) is 47.6. The van der Waals surface area contributed by atoms with Gasteiger partial charge in [-0.05, 0) is 71.9 Å². The van der Waals surface area contributed by atoms with Gasteiger partial charge in [0, 0.05) is 31.8 Å². The van der Waals surface area contributed by atoms with Crippen molar-refractivity contribution in [3.8, 4) is 0 Å². The molecule has 278 valence electrons. The number of carbonyl (C=O) groups excluding carboxylic acids is 3. The lowest BCUT2D eigenvalue weighted by Gasteiger charge is -2.22. The predicted molar refractivity (Wildman–Crippen MR) is 203 cm³/mol. The van der Waals surface area contributed by atoms with Crippen LogP contribution in [0.4, 0.5) is 4.79 Å². The Balaban J connectivity index is 0. The Bertz CT molecular complexity index is 719. The van der Waals surface area contributed by atoms with Crippen LogP contribution in [-0.2, 0) is 19.1 Å². The molecule has 0 saturated heterocycles. The van der Waals surface area contributed by atoms with Gasteiger partial charge in [0.05, 0.1) is 0 Å². The molecule has 0 bridgehead atoms. The molecule has 0 aliphatic heterocycles. The number of nitrogens with zero attached hydrogens (tertiary/aromatic N) is 2. The number of unbranched alkanes of at least 4 members (excludes halogenated alkanes) is 14. The Labute approximate surface area is 295 Å². The molecule has 1 amide bonds. The second-order valence-corrected chi connectivity index (χ2v) is 14.0. The van der Waals surface area contributed by atoms with E-state index in [1.807, 2.05) is 25.1 Å². The number of ether oxygens (including phenoxy) is 2. The lowest BCUT2D eigenvalue weighted by atomic mass is 10.0. The van der Waals surface area contributed by atoms with Gasteiger partial charge in [0.15, 0.2) is 0 Å². The summed E-state index contributed by atoms with van der Waals surface area (Å²) in [6, 6.07) is 0. The van der Waals surface area contributed by atoms with E-state index in [2.05, 4.69) is 38.7 Å². The maximum atomic E-state index is 12.4. The molecule has 0 heterocycles. The Morgan fingerprint density at radius 3 is 1.87 bits per heavy atom. The van der Waals surface area contributed by atoms with Crippen molar-refractivity contribution in [1.82, 2.24) is 9.80 Å². The molecule has 0 radical (unpaired) electrons. The molecular formula is C39H76N2O5S. The van der Waals surface area contributed by atoms with E-state index in [9.17, 15) is 14.4 Å². The molecule has 0 aliphatic rings. The SMILES string of the molecule is CCCCCC/C=C\COC(=O)CCCCCCCN(CCC)C(=O)SCCN(C)C.CCCCCCCC(CCCCC)OC=O. The molecule has 0 saturated carbocycles.